The summed E-state index contributed by atoms with van der Waals surface area (Å²) >= 11 is 0. The highest BCUT2D eigenvalue weighted by atomic mass is 16.5. The van der Waals surface area contributed by atoms with Gasteiger partial charge in [-0.3, -0.25) is 9.59 Å². The molecule has 2 rings (SSSR count). The van der Waals surface area contributed by atoms with E-state index < -0.39 is 6.10 Å². The van der Waals surface area contributed by atoms with Crippen molar-refractivity contribution < 1.29 is 14.3 Å². The molecular weight excluding hydrogens is 272 g/mol. The Hall–Kier alpha value is -1.99. The molecule has 1 aliphatic rings. The first kappa shape index (κ1) is 15.4. The molecule has 0 saturated carbocycles. The Kier molecular flexibility index (Phi) is 4.87. The lowest BCUT2D eigenvalue weighted by Gasteiger charge is -2.28. The molecule has 0 aliphatic carbocycles. The third kappa shape index (κ3) is 3.99. The van der Waals surface area contributed by atoms with Gasteiger partial charge in [0.25, 0.3) is 11.8 Å². The van der Waals surface area contributed by atoms with Crippen LogP contribution in [-0.4, -0.2) is 73.5 Å². The summed E-state index contributed by atoms with van der Waals surface area (Å²) in [6.07, 6.45) is 0.985. The number of aromatic nitrogens is 1. The van der Waals surface area contributed by atoms with E-state index in [9.17, 15) is 9.59 Å². The van der Waals surface area contributed by atoms with Crippen LogP contribution in [0.4, 0.5) is 5.82 Å². The van der Waals surface area contributed by atoms with E-state index in [1.165, 1.54) is 11.1 Å². The largest absolute Gasteiger partial charge is 0.366 e. The Morgan fingerprint density at radius 2 is 2.24 bits per heavy atom. The molecule has 1 unspecified atom stereocenters. The van der Waals surface area contributed by atoms with Crippen LogP contribution in [0.25, 0.3) is 0 Å². The van der Waals surface area contributed by atoms with Crippen molar-refractivity contribution in [1.29, 1.82) is 0 Å². The molecule has 2 heterocycles. The average Bonchev–Trinajstić information content (AvgIpc) is 2.46. The van der Waals surface area contributed by atoms with Crippen molar-refractivity contribution >= 4 is 17.6 Å². The highest BCUT2D eigenvalue weighted by molar-refractivity contribution is 5.97. The number of carbonyl (C=O) groups excluding carboxylic acids is 2. The molecule has 2 amide bonds. The maximum atomic E-state index is 12.1. The molecule has 1 aromatic rings. The predicted molar refractivity (Wildman–Crippen MR) is 78.1 cm³/mol. The van der Waals surface area contributed by atoms with Gasteiger partial charge in [0.05, 0.1) is 6.61 Å². The number of morpholine rings is 1. The maximum absolute atomic E-state index is 12.1. The second kappa shape index (κ2) is 6.64. The molecule has 0 bridgehead atoms. The molecule has 7 heteroatoms. The summed E-state index contributed by atoms with van der Waals surface area (Å²) < 4.78 is 5.44. The molecule has 21 heavy (non-hydrogen) atoms. The number of carbonyl (C=O) groups is 2. The number of hydrogen-bond donors (Lipinski definition) is 1. The summed E-state index contributed by atoms with van der Waals surface area (Å²) in [7, 11) is 5.29. The predicted octanol–water partition coefficient (Wildman–Crippen LogP) is 0.0525. The first-order valence-electron chi connectivity index (χ1n) is 6.76. The minimum absolute atomic E-state index is 0.137. The van der Waals surface area contributed by atoms with Gasteiger partial charge in [-0.1, -0.05) is 0 Å². The maximum Gasteiger partial charge on any atom is 0.255 e. The van der Waals surface area contributed by atoms with Crippen LogP contribution >= 0.6 is 0 Å². The second-order valence-electron chi connectivity index (χ2n) is 5.24. The highest BCUT2D eigenvalue weighted by Crippen LogP contribution is 2.11. The number of anilines is 1. The molecule has 1 saturated heterocycles. The summed E-state index contributed by atoms with van der Waals surface area (Å²) in [6.45, 7) is 1.89. The summed E-state index contributed by atoms with van der Waals surface area (Å²) in [6, 6.07) is 3.18. The van der Waals surface area contributed by atoms with Crippen LogP contribution in [0.5, 0.6) is 0 Å². The molecule has 0 spiro atoms. The topological polar surface area (TPSA) is 74.8 Å². The van der Waals surface area contributed by atoms with Crippen LogP contribution in [0.1, 0.15) is 10.4 Å². The van der Waals surface area contributed by atoms with E-state index in [2.05, 4.69) is 10.3 Å². The van der Waals surface area contributed by atoms with Crippen molar-refractivity contribution in [2.75, 3.05) is 46.2 Å². The average molecular weight is 292 g/mol. The molecule has 114 valence electrons. The van der Waals surface area contributed by atoms with Crippen molar-refractivity contribution in [2.24, 2.45) is 0 Å². The van der Waals surface area contributed by atoms with Gasteiger partial charge >= 0.3 is 0 Å². The van der Waals surface area contributed by atoms with Gasteiger partial charge in [-0.2, -0.15) is 0 Å². The molecule has 1 fully saturated rings. The smallest absolute Gasteiger partial charge is 0.255 e. The zero-order valence-electron chi connectivity index (χ0n) is 12.5. The lowest BCUT2D eigenvalue weighted by atomic mass is 10.2. The molecule has 1 N–H and O–H groups in total. The third-order valence-electron chi connectivity index (χ3n) is 3.23. The lowest BCUT2D eigenvalue weighted by molar-refractivity contribution is -0.132. The number of nitrogens with zero attached hydrogens (tertiary/aromatic N) is 3. The first-order valence-corrected chi connectivity index (χ1v) is 6.76. The normalized spacial score (nSPS) is 19.1. The minimum Gasteiger partial charge on any atom is -0.366 e. The quantitative estimate of drug-likeness (QED) is 0.852. The summed E-state index contributed by atoms with van der Waals surface area (Å²) in [5.74, 6) is -0.0328. The van der Waals surface area contributed by atoms with Crippen molar-refractivity contribution in [3.05, 3.63) is 23.9 Å². The number of rotatable bonds is 3. The van der Waals surface area contributed by atoms with Gasteiger partial charge < -0.3 is 19.9 Å². The van der Waals surface area contributed by atoms with Crippen LogP contribution in [0.3, 0.4) is 0 Å². The summed E-state index contributed by atoms with van der Waals surface area (Å²) in [5, 5.41) is 2.69. The fourth-order valence-corrected chi connectivity index (χ4v) is 2.03. The van der Waals surface area contributed by atoms with E-state index in [1.807, 2.05) is 11.9 Å². The summed E-state index contributed by atoms with van der Waals surface area (Å²) in [4.78, 5) is 31.6. The van der Waals surface area contributed by atoms with Crippen molar-refractivity contribution in [2.45, 2.75) is 6.10 Å². The molecular formula is C14H20N4O3. The van der Waals surface area contributed by atoms with E-state index in [-0.39, 0.29) is 11.8 Å². The van der Waals surface area contributed by atoms with E-state index in [4.69, 9.17) is 4.74 Å². The van der Waals surface area contributed by atoms with Gasteiger partial charge in [0, 0.05) is 38.9 Å². The number of ether oxygens (including phenoxy) is 1. The summed E-state index contributed by atoms with van der Waals surface area (Å²) in [5.41, 5.74) is 0.479. The molecule has 0 aromatic carbocycles. The monoisotopic (exact) mass is 292 g/mol. The van der Waals surface area contributed by atoms with Crippen molar-refractivity contribution in [3.63, 3.8) is 0 Å². The van der Waals surface area contributed by atoms with Crippen LogP contribution in [0.2, 0.25) is 0 Å². The fourth-order valence-electron chi connectivity index (χ4n) is 2.03. The van der Waals surface area contributed by atoms with Crippen LogP contribution < -0.4 is 5.32 Å². The number of amides is 2. The van der Waals surface area contributed by atoms with Crippen LogP contribution in [-0.2, 0) is 9.53 Å². The van der Waals surface area contributed by atoms with E-state index in [0.717, 1.165) is 6.54 Å². The number of pyridine rings is 1. The van der Waals surface area contributed by atoms with Gasteiger partial charge in [0.15, 0.2) is 0 Å². The Morgan fingerprint density at radius 1 is 1.48 bits per heavy atom. The van der Waals surface area contributed by atoms with E-state index in [0.29, 0.717) is 24.5 Å². The molecule has 1 aromatic heterocycles. The van der Waals surface area contributed by atoms with Crippen molar-refractivity contribution in [3.8, 4) is 0 Å². The number of nitrogens with one attached hydrogen (secondary N) is 1. The van der Waals surface area contributed by atoms with Gasteiger partial charge in [-0.05, 0) is 19.2 Å². The van der Waals surface area contributed by atoms with Gasteiger partial charge in [0.1, 0.15) is 11.9 Å². The van der Waals surface area contributed by atoms with Crippen LogP contribution in [0, 0.1) is 0 Å². The fraction of sp³-hybridized carbons (Fsp3) is 0.500. The first-order chi connectivity index (χ1) is 9.97. The molecule has 7 nitrogen and oxygen atoms in total. The SMILES string of the molecule is CN1CCOC(C(=O)Nc2cc(C(=O)N(C)C)ccn2)C1. The second-order valence-corrected chi connectivity index (χ2v) is 5.24. The molecule has 1 aliphatic heterocycles. The van der Waals surface area contributed by atoms with Gasteiger partial charge in [-0.25, -0.2) is 4.98 Å². The molecule has 0 radical (unpaired) electrons. The van der Waals surface area contributed by atoms with E-state index in [1.54, 1.807) is 26.2 Å². The van der Waals surface area contributed by atoms with E-state index >= 15 is 0 Å². The Bertz CT molecular complexity index is 533. The van der Waals surface area contributed by atoms with Gasteiger partial charge in [0.2, 0.25) is 0 Å². The highest BCUT2D eigenvalue weighted by Gasteiger charge is 2.25. The van der Waals surface area contributed by atoms with Crippen molar-refractivity contribution in [1.82, 2.24) is 14.8 Å². The van der Waals surface area contributed by atoms with Crippen LogP contribution in [0.15, 0.2) is 18.3 Å². The third-order valence-corrected chi connectivity index (χ3v) is 3.23. The lowest BCUT2D eigenvalue weighted by Crippen LogP contribution is -2.46. The Balaban J connectivity index is 2.04. The molecule has 1 atom stereocenters. The van der Waals surface area contributed by atoms with Gasteiger partial charge in [-0.15, -0.1) is 0 Å². The number of likely N-dealkylation sites (N-methyl/N-ethyl adjacent to an activating group) is 1. The standard InChI is InChI=1S/C14H20N4O3/c1-17(2)14(20)10-4-5-15-12(8-10)16-13(19)11-9-18(3)6-7-21-11/h4-5,8,11H,6-7,9H2,1-3H3,(H,15,16,19). The Morgan fingerprint density at radius 3 is 2.90 bits per heavy atom. The number of hydrogen-bond acceptors (Lipinski definition) is 5. The minimum atomic E-state index is -0.515. The zero-order valence-corrected chi connectivity index (χ0v) is 12.5. The zero-order chi connectivity index (χ0) is 15.4. The Labute approximate surface area is 123 Å².